The second-order valence-electron chi connectivity index (χ2n) is 9.00. The number of H-pyrrole nitrogens is 1. The number of hydrogen-bond donors (Lipinski definition) is 2. The van der Waals surface area contributed by atoms with Crippen molar-refractivity contribution in [2.45, 2.75) is 37.4 Å². The Morgan fingerprint density at radius 3 is 1.92 bits per heavy atom. The van der Waals surface area contributed by atoms with E-state index in [0.717, 1.165) is 16.7 Å². The number of ether oxygens (including phenoxy) is 2. The number of aromatic nitrogens is 2. The maximum Gasteiger partial charge on any atom is 0.330 e. The number of nitrogens with zero attached hydrogens (tertiary/aromatic N) is 1. The number of aromatic amines is 1. The molecule has 1 aliphatic heterocycles. The molecule has 0 saturated carbocycles. The molecular formula is C29H28N2O5. The van der Waals surface area contributed by atoms with Gasteiger partial charge >= 0.3 is 5.69 Å². The van der Waals surface area contributed by atoms with E-state index in [2.05, 4.69) is 4.98 Å². The molecule has 7 heteroatoms. The third-order valence-electron chi connectivity index (χ3n) is 6.67. The summed E-state index contributed by atoms with van der Waals surface area (Å²) in [5.74, 6) is 0. The van der Waals surface area contributed by atoms with Crippen molar-refractivity contribution in [3.8, 4) is 0 Å². The van der Waals surface area contributed by atoms with Gasteiger partial charge in [0.05, 0.1) is 12.7 Å². The van der Waals surface area contributed by atoms with Crippen LogP contribution in [0.1, 0.15) is 34.9 Å². The molecular weight excluding hydrogens is 456 g/mol. The zero-order valence-corrected chi connectivity index (χ0v) is 19.9. The fraction of sp³-hybridized carbons (Fsp3) is 0.241. The van der Waals surface area contributed by atoms with E-state index >= 15 is 0 Å². The summed E-state index contributed by atoms with van der Waals surface area (Å²) in [5, 5.41) is 10.9. The quantitative estimate of drug-likeness (QED) is 0.392. The highest BCUT2D eigenvalue weighted by Gasteiger charge is 2.41. The van der Waals surface area contributed by atoms with Crippen LogP contribution in [-0.2, 0) is 15.1 Å². The minimum atomic E-state index is -0.948. The summed E-state index contributed by atoms with van der Waals surface area (Å²) >= 11 is 0. The van der Waals surface area contributed by atoms with Gasteiger partial charge in [-0.15, -0.1) is 0 Å². The summed E-state index contributed by atoms with van der Waals surface area (Å²) < 4.78 is 14.2. The zero-order chi connectivity index (χ0) is 25.1. The first-order valence-electron chi connectivity index (χ1n) is 11.9. The van der Waals surface area contributed by atoms with Crippen molar-refractivity contribution in [2.75, 3.05) is 6.61 Å². The van der Waals surface area contributed by atoms with Crippen LogP contribution >= 0.6 is 0 Å². The predicted molar refractivity (Wildman–Crippen MR) is 136 cm³/mol. The standard InChI is InChI=1S/C29H28N2O5/c1-20-18-31(28(34)30-27(20)33)26-17-24(32)25(36-26)19-35-29(21-11-5-2-6-12-21,22-13-7-3-8-14-22)23-15-9-4-10-16-23/h2-16,18,24-26,32H,17,19H2,1H3,(H,30,33,34)/t24-,25+,26-/m0/s1. The number of rotatable bonds is 7. The fourth-order valence-corrected chi connectivity index (χ4v) is 4.81. The average molecular weight is 485 g/mol. The van der Waals surface area contributed by atoms with Crippen LogP contribution < -0.4 is 11.2 Å². The molecule has 1 fully saturated rings. The van der Waals surface area contributed by atoms with Gasteiger partial charge in [0.1, 0.15) is 17.9 Å². The maximum atomic E-state index is 12.4. The highest BCUT2D eigenvalue weighted by atomic mass is 16.6. The summed E-state index contributed by atoms with van der Waals surface area (Å²) in [6, 6.07) is 29.9. The molecule has 1 aromatic heterocycles. The lowest BCUT2D eigenvalue weighted by Crippen LogP contribution is -2.38. The number of aryl methyl sites for hydroxylation is 1. The van der Waals surface area contributed by atoms with Crippen molar-refractivity contribution in [1.82, 2.24) is 9.55 Å². The Labute approximate surface area is 208 Å². The zero-order valence-electron chi connectivity index (χ0n) is 19.9. The molecule has 0 spiro atoms. The molecule has 0 amide bonds. The molecule has 2 N–H and O–H groups in total. The van der Waals surface area contributed by atoms with Crippen molar-refractivity contribution >= 4 is 0 Å². The molecule has 3 aromatic carbocycles. The van der Waals surface area contributed by atoms with Gasteiger partial charge in [0.15, 0.2) is 0 Å². The summed E-state index contributed by atoms with van der Waals surface area (Å²) in [5.41, 5.74) is 1.26. The van der Waals surface area contributed by atoms with Crippen LogP contribution in [0.25, 0.3) is 0 Å². The second-order valence-corrected chi connectivity index (χ2v) is 9.00. The van der Waals surface area contributed by atoms with E-state index in [1.807, 2.05) is 91.0 Å². The normalized spacial score (nSPS) is 19.9. The molecule has 5 rings (SSSR count). The summed E-state index contributed by atoms with van der Waals surface area (Å²) in [6.07, 6.45) is -0.576. The molecule has 4 aromatic rings. The monoisotopic (exact) mass is 484 g/mol. The molecule has 1 aliphatic rings. The number of aliphatic hydroxyl groups excluding tert-OH is 1. The van der Waals surface area contributed by atoms with Crippen molar-refractivity contribution in [3.05, 3.63) is 140 Å². The molecule has 184 valence electrons. The van der Waals surface area contributed by atoms with Gasteiger partial charge in [-0.1, -0.05) is 91.0 Å². The first-order chi connectivity index (χ1) is 17.5. The van der Waals surface area contributed by atoms with Crippen molar-refractivity contribution in [3.63, 3.8) is 0 Å². The minimum Gasteiger partial charge on any atom is -0.390 e. The fourth-order valence-electron chi connectivity index (χ4n) is 4.81. The summed E-state index contributed by atoms with van der Waals surface area (Å²) in [4.78, 5) is 26.4. The van der Waals surface area contributed by atoms with Crippen LogP contribution in [0.3, 0.4) is 0 Å². The van der Waals surface area contributed by atoms with Crippen molar-refractivity contribution in [1.29, 1.82) is 0 Å². The van der Waals surface area contributed by atoms with Gasteiger partial charge in [0.25, 0.3) is 5.56 Å². The van der Waals surface area contributed by atoms with E-state index in [1.54, 1.807) is 6.92 Å². The molecule has 0 aliphatic carbocycles. The van der Waals surface area contributed by atoms with E-state index in [4.69, 9.17) is 9.47 Å². The SMILES string of the molecule is Cc1cn([C@@H]2C[C@H](O)[C@@H](COC(c3ccccc3)(c3ccccc3)c3ccccc3)O2)c(=O)[nH]c1=O. The first-order valence-corrected chi connectivity index (χ1v) is 11.9. The molecule has 0 bridgehead atoms. The van der Waals surface area contributed by atoms with Crippen molar-refractivity contribution in [2.24, 2.45) is 0 Å². The molecule has 2 heterocycles. The lowest BCUT2D eigenvalue weighted by Gasteiger charge is -2.37. The highest BCUT2D eigenvalue weighted by Crippen LogP contribution is 2.41. The smallest absolute Gasteiger partial charge is 0.330 e. The summed E-state index contributed by atoms with van der Waals surface area (Å²) in [6.45, 7) is 1.70. The number of aliphatic hydroxyl groups is 1. The average Bonchev–Trinajstić information content (AvgIpc) is 3.28. The van der Waals surface area contributed by atoms with E-state index < -0.39 is 35.3 Å². The van der Waals surface area contributed by atoms with Crippen LogP contribution in [0.2, 0.25) is 0 Å². The van der Waals surface area contributed by atoms with Gasteiger partial charge in [0, 0.05) is 18.2 Å². The van der Waals surface area contributed by atoms with Gasteiger partial charge < -0.3 is 14.6 Å². The molecule has 3 atom stereocenters. The Bertz CT molecular complexity index is 1320. The predicted octanol–water partition coefficient (Wildman–Crippen LogP) is 3.50. The Morgan fingerprint density at radius 2 is 1.42 bits per heavy atom. The van der Waals surface area contributed by atoms with E-state index in [-0.39, 0.29) is 13.0 Å². The number of nitrogens with one attached hydrogen (secondary N) is 1. The molecule has 36 heavy (non-hydrogen) atoms. The maximum absolute atomic E-state index is 12.4. The second kappa shape index (κ2) is 10.1. The number of benzene rings is 3. The van der Waals surface area contributed by atoms with E-state index in [9.17, 15) is 14.7 Å². The Morgan fingerprint density at radius 1 is 0.917 bits per heavy atom. The molecule has 7 nitrogen and oxygen atoms in total. The van der Waals surface area contributed by atoms with E-state index in [1.165, 1.54) is 10.8 Å². The third kappa shape index (κ3) is 4.44. The largest absolute Gasteiger partial charge is 0.390 e. The molecule has 1 saturated heterocycles. The lowest BCUT2D eigenvalue weighted by atomic mass is 9.80. The van der Waals surface area contributed by atoms with Gasteiger partial charge in [-0.25, -0.2) is 4.79 Å². The summed E-state index contributed by atoms with van der Waals surface area (Å²) in [7, 11) is 0. The first kappa shape index (κ1) is 23.9. The Balaban J connectivity index is 1.50. The lowest BCUT2D eigenvalue weighted by molar-refractivity contribution is -0.0944. The van der Waals surface area contributed by atoms with Crippen molar-refractivity contribution < 1.29 is 14.6 Å². The Kier molecular flexibility index (Phi) is 6.69. The molecule has 0 unspecified atom stereocenters. The van der Waals surface area contributed by atoms with Gasteiger partial charge in [-0.05, 0) is 23.6 Å². The molecule has 0 radical (unpaired) electrons. The van der Waals surface area contributed by atoms with Crippen LogP contribution in [-0.4, -0.2) is 33.5 Å². The number of hydrogen-bond acceptors (Lipinski definition) is 5. The third-order valence-corrected chi connectivity index (χ3v) is 6.67. The minimum absolute atomic E-state index is 0.0768. The van der Waals surface area contributed by atoms with E-state index in [0.29, 0.717) is 5.56 Å². The van der Waals surface area contributed by atoms with Gasteiger partial charge in [0.2, 0.25) is 0 Å². The van der Waals surface area contributed by atoms with Crippen LogP contribution in [0.4, 0.5) is 0 Å². The highest BCUT2D eigenvalue weighted by molar-refractivity contribution is 5.47. The van der Waals surface area contributed by atoms with Gasteiger partial charge in [-0.2, -0.15) is 0 Å². The van der Waals surface area contributed by atoms with Crippen LogP contribution in [0.15, 0.2) is 107 Å². The van der Waals surface area contributed by atoms with Crippen LogP contribution in [0.5, 0.6) is 0 Å². The topological polar surface area (TPSA) is 93.6 Å². The van der Waals surface area contributed by atoms with Crippen LogP contribution in [0, 0.1) is 6.92 Å². The van der Waals surface area contributed by atoms with Gasteiger partial charge in [-0.3, -0.25) is 14.3 Å². The Hall–Kier alpha value is -3.78.